The summed E-state index contributed by atoms with van der Waals surface area (Å²) in [5.41, 5.74) is 0. The van der Waals surface area contributed by atoms with Gasteiger partial charge in [-0.05, 0) is 12.3 Å². The number of hydrogen-bond donors (Lipinski definition) is 0. The summed E-state index contributed by atoms with van der Waals surface area (Å²) in [6.07, 6.45) is 1.57. The quantitative estimate of drug-likeness (QED) is 0.423. The highest BCUT2D eigenvalue weighted by atomic mass is 16.7. The lowest BCUT2D eigenvalue weighted by Crippen LogP contribution is -2.15. The van der Waals surface area contributed by atoms with Gasteiger partial charge in [-0.1, -0.05) is 27.2 Å². The summed E-state index contributed by atoms with van der Waals surface area (Å²) < 4.78 is 20.2. The summed E-state index contributed by atoms with van der Waals surface area (Å²) in [5.74, 6) is 0.314. The Morgan fingerprint density at radius 2 is 1.56 bits per heavy atom. The van der Waals surface area contributed by atoms with Crippen LogP contribution in [0.25, 0.3) is 0 Å². The van der Waals surface area contributed by atoms with E-state index in [9.17, 15) is 4.79 Å². The Kier molecular flexibility index (Phi) is 12.1. The maximum atomic E-state index is 11.0. The molecule has 0 amide bonds. The van der Waals surface area contributed by atoms with Crippen molar-refractivity contribution in [2.45, 2.75) is 33.6 Å². The van der Waals surface area contributed by atoms with Gasteiger partial charge in [0.15, 0.2) is 0 Å². The highest BCUT2D eigenvalue weighted by Crippen LogP contribution is 1.95. The highest BCUT2D eigenvalue weighted by molar-refractivity contribution is 5.59. The Bertz CT molecular complexity index is 194. The van der Waals surface area contributed by atoms with Crippen molar-refractivity contribution in [1.29, 1.82) is 0 Å². The molecule has 0 aliphatic heterocycles. The van der Waals surface area contributed by atoms with Crippen molar-refractivity contribution in [3.63, 3.8) is 0 Å². The van der Waals surface area contributed by atoms with E-state index >= 15 is 0 Å². The van der Waals surface area contributed by atoms with Gasteiger partial charge in [0.05, 0.1) is 26.4 Å². The molecule has 0 saturated heterocycles. The van der Waals surface area contributed by atoms with Gasteiger partial charge in [-0.3, -0.25) is 0 Å². The van der Waals surface area contributed by atoms with Gasteiger partial charge in [0, 0.05) is 6.61 Å². The smallest absolute Gasteiger partial charge is 0.434 e. The number of rotatable bonds is 11. The van der Waals surface area contributed by atoms with Crippen molar-refractivity contribution in [3.8, 4) is 0 Å². The molecule has 0 atom stereocenters. The van der Waals surface area contributed by atoms with Crippen LogP contribution in [0.4, 0.5) is 4.79 Å². The summed E-state index contributed by atoms with van der Waals surface area (Å²) in [6.45, 7) is 8.90. The van der Waals surface area contributed by atoms with Crippen molar-refractivity contribution in [1.82, 2.24) is 0 Å². The number of ether oxygens (including phenoxy) is 4. The van der Waals surface area contributed by atoms with E-state index < -0.39 is 6.16 Å². The summed E-state index contributed by atoms with van der Waals surface area (Å²) in [5, 5.41) is 0. The molecular weight excluding hydrogens is 236 g/mol. The molecule has 0 aromatic heterocycles. The minimum atomic E-state index is -0.633. The van der Waals surface area contributed by atoms with E-state index in [1.807, 2.05) is 13.8 Å². The fourth-order valence-electron chi connectivity index (χ4n) is 1.03. The van der Waals surface area contributed by atoms with Crippen LogP contribution in [0, 0.1) is 5.92 Å². The molecule has 0 aliphatic carbocycles. The second-order valence-electron chi connectivity index (χ2n) is 4.38. The maximum Gasteiger partial charge on any atom is 0.508 e. The average molecular weight is 262 g/mol. The Morgan fingerprint density at radius 1 is 0.944 bits per heavy atom. The molecule has 5 nitrogen and oxygen atoms in total. The van der Waals surface area contributed by atoms with Crippen molar-refractivity contribution in [2.75, 3.05) is 39.6 Å². The third kappa shape index (κ3) is 13.3. The molecule has 0 radical (unpaired) electrons. The fraction of sp³-hybridized carbons (Fsp3) is 0.923. The number of hydrogen-bond acceptors (Lipinski definition) is 5. The van der Waals surface area contributed by atoms with Crippen molar-refractivity contribution < 1.29 is 23.7 Å². The summed E-state index contributed by atoms with van der Waals surface area (Å²) >= 11 is 0. The van der Waals surface area contributed by atoms with E-state index in [-0.39, 0.29) is 6.61 Å². The van der Waals surface area contributed by atoms with E-state index in [0.717, 1.165) is 19.4 Å². The van der Waals surface area contributed by atoms with Crippen LogP contribution in [0.5, 0.6) is 0 Å². The first-order valence-corrected chi connectivity index (χ1v) is 6.61. The molecule has 0 rings (SSSR count). The third-order valence-electron chi connectivity index (χ3n) is 2.00. The Labute approximate surface area is 110 Å². The molecule has 0 aromatic rings. The number of unbranched alkanes of at least 4 members (excludes halogenated alkanes) is 1. The van der Waals surface area contributed by atoms with Gasteiger partial charge in [-0.25, -0.2) is 4.79 Å². The summed E-state index contributed by atoms with van der Waals surface area (Å²) in [6, 6.07) is 0. The van der Waals surface area contributed by atoms with Crippen LogP contribution in [0.15, 0.2) is 0 Å². The van der Waals surface area contributed by atoms with E-state index in [1.165, 1.54) is 0 Å². The van der Waals surface area contributed by atoms with Crippen molar-refractivity contribution in [2.24, 2.45) is 5.92 Å². The van der Waals surface area contributed by atoms with Crippen LogP contribution in [-0.4, -0.2) is 45.8 Å². The van der Waals surface area contributed by atoms with Gasteiger partial charge < -0.3 is 18.9 Å². The zero-order valence-corrected chi connectivity index (χ0v) is 11.8. The molecule has 0 unspecified atom stereocenters. The van der Waals surface area contributed by atoms with Crippen LogP contribution in [0.1, 0.15) is 33.6 Å². The first-order chi connectivity index (χ1) is 8.66. The topological polar surface area (TPSA) is 54.0 Å². The average Bonchev–Trinajstić information content (AvgIpc) is 2.34. The van der Waals surface area contributed by atoms with Crippen LogP contribution < -0.4 is 0 Å². The van der Waals surface area contributed by atoms with Gasteiger partial charge in [-0.15, -0.1) is 0 Å². The zero-order chi connectivity index (χ0) is 13.6. The fourth-order valence-corrected chi connectivity index (χ4v) is 1.03. The molecule has 0 aliphatic rings. The molecule has 0 N–H and O–H groups in total. The largest absolute Gasteiger partial charge is 0.508 e. The van der Waals surface area contributed by atoms with Gasteiger partial charge in [0.1, 0.15) is 6.61 Å². The predicted octanol–water partition coefficient (Wildman–Crippen LogP) is 2.63. The van der Waals surface area contributed by atoms with E-state index in [1.54, 1.807) is 0 Å². The molecule has 0 aromatic carbocycles. The van der Waals surface area contributed by atoms with E-state index in [2.05, 4.69) is 6.92 Å². The van der Waals surface area contributed by atoms with Gasteiger partial charge in [-0.2, -0.15) is 0 Å². The molecular formula is C13H26O5. The van der Waals surface area contributed by atoms with E-state index in [4.69, 9.17) is 18.9 Å². The molecule has 0 heterocycles. The van der Waals surface area contributed by atoms with Crippen LogP contribution >= 0.6 is 0 Å². The van der Waals surface area contributed by atoms with Gasteiger partial charge in [0.2, 0.25) is 0 Å². The molecule has 0 saturated carbocycles. The second kappa shape index (κ2) is 12.6. The standard InChI is InChI=1S/C13H26O5/c1-4-5-6-15-7-8-16-9-10-17-13(14)18-11-12(2)3/h12H,4-11H2,1-3H3. The zero-order valence-electron chi connectivity index (χ0n) is 11.8. The van der Waals surface area contributed by atoms with Gasteiger partial charge >= 0.3 is 6.16 Å². The Hall–Kier alpha value is -0.810. The lowest BCUT2D eigenvalue weighted by molar-refractivity contribution is 0.00622. The minimum absolute atomic E-state index is 0.214. The molecule has 18 heavy (non-hydrogen) atoms. The van der Waals surface area contributed by atoms with Crippen LogP contribution in [-0.2, 0) is 18.9 Å². The predicted molar refractivity (Wildman–Crippen MR) is 68.7 cm³/mol. The second-order valence-corrected chi connectivity index (χ2v) is 4.38. The molecule has 5 heteroatoms. The Morgan fingerprint density at radius 3 is 2.17 bits per heavy atom. The summed E-state index contributed by atoms with van der Waals surface area (Å²) in [7, 11) is 0. The molecule has 108 valence electrons. The minimum Gasteiger partial charge on any atom is -0.434 e. The van der Waals surface area contributed by atoms with Crippen LogP contribution in [0.3, 0.4) is 0 Å². The van der Waals surface area contributed by atoms with Crippen LogP contribution in [0.2, 0.25) is 0 Å². The third-order valence-corrected chi connectivity index (χ3v) is 2.00. The highest BCUT2D eigenvalue weighted by Gasteiger charge is 2.04. The SMILES string of the molecule is CCCCOCCOCCOC(=O)OCC(C)C. The lowest BCUT2D eigenvalue weighted by atomic mass is 10.2. The van der Waals surface area contributed by atoms with Crippen molar-refractivity contribution >= 4 is 6.16 Å². The molecule has 0 spiro atoms. The first-order valence-electron chi connectivity index (χ1n) is 6.61. The Balaban J connectivity index is 3.12. The molecule has 0 fully saturated rings. The monoisotopic (exact) mass is 262 g/mol. The number of carbonyl (C=O) groups excluding carboxylic acids is 1. The molecule has 0 bridgehead atoms. The maximum absolute atomic E-state index is 11.0. The normalized spacial score (nSPS) is 10.7. The van der Waals surface area contributed by atoms with E-state index in [0.29, 0.717) is 32.3 Å². The summed E-state index contributed by atoms with van der Waals surface area (Å²) in [4.78, 5) is 11.0. The van der Waals surface area contributed by atoms with Gasteiger partial charge in [0.25, 0.3) is 0 Å². The van der Waals surface area contributed by atoms with Crippen molar-refractivity contribution in [3.05, 3.63) is 0 Å². The first kappa shape index (κ1) is 17.2. The lowest BCUT2D eigenvalue weighted by Gasteiger charge is -2.08. The number of carbonyl (C=O) groups is 1.